The summed E-state index contributed by atoms with van der Waals surface area (Å²) in [4.78, 5) is 0. The fraction of sp³-hybridized carbons (Fsp3) is 0.0769. The minimum atomic E-state index is -0.799. The van der Waals surface area contributed by atoms with Gasteiger partial charge >= 0.3 is 7.12 Å². The molecule has 0 bridgehead atoms. The largest absolute Gasteiger partial charge is 0.633 e. The molecule has 0 radical (unpaired) electrons. The Hall–Kier alpha value is -2.04. The summed E-state index contributed by atoms with van der Waals surface area (Å²) in [5, 5.41) is 0. The van der Waals surface area contributed by atoms with Crippen molar-refractivity contribution in [2.24, 2.45) is 0 Å². The molecule has 5 heteroatoms. The molecule has 18 heavy (non-hydrogen) atoms. The molecule has 0 saturated carbocycles. The van der Waals surface area contributed by atoms with Crippen molar-refractivity contribution in [3.63, 3.8) is 0 Å². The van der Waals surface area contributed by atoms with Gasteiger partial charge in [0.1, 0.15) is 0 Å². The maximum absolute atomic E-state index is 13.5. The highest BCUT2D eigenvalue weighted by Gasteiger charge is 2.38. The normalized spacial score (nSPS) is 12.9. The van der Waals surface area contributed by atoms with Crippen molar-refractivity contribution in [3.8, 4) is 11.5 Å². The standard InChI is InChI=1S/C13H9BF2O2/c1-8-4-2-3-5-9(8)14-17-12-10(15)6-7-11(16)13(12)18-14/h2-7H,1H3. The van der Waals surface area contributed by atoms with Gasteiger partial charge in [0.2, 0.25) is 0 Å². The molecule has 2 nitrogen and oxygen atoms in total. The van der Waals surface area contributed by atoms with E-state index in [1.54, 1.807) is 0 Å². The zero-order valence-electron chi connectivity index (χ0n) is 9.61. The third-order valence-electron chi connectivity index (χ3n) is 2.91. The van der Waals surface area contributed by atoms with E-state index in [0.29, 0.717) is 0 Å². The molecule has 1 aliphatic heterocycles. The first-order valence-electron chi connectivity index (χ1n) is 5.53. The number of benzene rings is 2. The van der Waals surface area contributed by atoms with Gasteiger partial charge in [0.15, 0.2) is 23.1 Å². The minimum Gasteiger partial charge on any atom is -0.517 e. The summed E-state index contributed by atoms with van der Waals surface area (Å²) >= 11 is 0. The molecule has 0 spiro atoms. The molecular formula is C13H9BF2O2. The van der Waals surface area contributed by atoms with E-state index < -0.39 is 18.8 Å². The van der Waals surface area contributed by atoms with E-state index in [-0.39, 0.29) is 11.5 Å². The lowest BCUT2D eigenvalue weighted by Gasteiger charge is -2.07. The predicted molar refractivity (Wildman–Crippen MR) is 64.2 cm³/mol. The van der Waals surface area contributed by atoms with Crippen LogP contribution in [-0.4, -0.2) is 7.12 Å². The average molecular weight is 246 g/mol. The van der Waals surface area contributed by atoms with Crippen molar-refractivity contribution in [2.75, 3.05) is 0 Å². The molecule has 1 heterocycles. The van der Waals surface area contributed by atoms with Crippen LogP contribution in [0.3, 0.4) is 0 Å². The Kier molecular flexibility index (Phi) is 2.47. The van der Waals surface area contributed by atoms with Crippen LogP contribution in [0.25, 0.3) is 0 Å². The van der Waals surface area contributed by atoms with Gasteiger partial charge in [-0.05, 0) is 24.6 Å². The summed E-state index contributed by atoms with van der Waals surface area (Å²) in [5.41, 5.74) is 1.70. The van der Waals surface area contributed by atoms with Crippen LogP contribution >= 0.6 is 0 Å². The molecule has 0 amide bonds. The number of hydrogen-bond acceptors (Lipinski definition) is 2. The molecule has 90 valence electrons. The molecule has 0 aromatic heterocycles. The quantitative estimate of drug-likeness (QED) is 0.719. The van der Waals surface area contributed by atoms with Gasteiger partial charge in [0.25, 0.3) is 0 Å². The summed E-state index contributed by atoms with van der Waals surface area (Å²) in [6.45, 7) is 1.89. The Bertz CT molecular complexity index is 585. The molecule has 0 unspecified atom stereocenters. The third kappa shape index (κ3) is 1.63. The van der Waals surface area contributed by atoms with Crippen LogP contribution in [0.4, 0.5) is 8.78 Å². The first-order valence-corrected chi connectivity index (χ1v) is 5.53. The molecule has 2 aromatic rings. The van der Waals surface area contributed by atoms with Gasteiger partial charge in [-0.3, -0.25) is 0 Å². The first kappa shape index (κ1) is 11.1. The van der Waals surface area contributed by atoms with Gasteiger partial charge in [-0.2, -0.15) is 0 Å². The summed E-state index contributed by atoms with van der Waals surface area (Å²) in [7, 11) is -0.799. The highest BCUT2D eigenvalue weighted by Crippen LogP contribution is 2.38. The molecule has 0 aliphatic carbocycles. The van der Waals surface area contributed by atoms with E-state index in [0.717, 1.165) is 23.2 Å². The van der Waals surface area contributed by atoms with Crippen molar-refractivity contribution in [1.29, 1.82) is 0 Å². The molecule has 0 fully saturated rings. The maximum atomic E-state index is 13.5. The number of halogens is 2. The number of hydrogen-bond donors (Lipinski definition) is 0. The summed E-state index contributed by atoms with van der Waals surface area (Å²) < 4.78 is 37.7. The van der Waals surface area contributed by atoms with Gasteiger partial charge in [-0.25, -0.2) is 8.78 Å². The van der Waals surface area contributed by atoms with E-state index in [2.05, 4.69) is 0 Å². The monoisotopic (exact) mass is 246 g/mol. The highest BCUT2D eigenvalue weighted by molar-refractivity contribution is 6.64. The summed E-state index contributed by atoms with van der Waals surface area (Å²) in [6.07, 6.45) is 0. The van der Waals surface area contributed by atoms with Gasteiger partial charge < -0.3 is 9.31 Å². The Morgan fingerprint density at radius 1 is 0.889 bits per heavy atom. The van der Waals surface area contributed by atoms with Crippen LogP contribution < -0.4 is 14.8 Å². The highest BCUT2D eigenvalue weighted by atomic mass is 19.1. The van der Waals surface area contributed by atoms with Crippen LogP contribution in [0.15, 0.2) is 36.4 Å². The Balaban J connectivity index is 2.01. The smallest absolute Gasteiger partial charge is 0.517 e. The fourth-order valence-electron chi connectivity index (χ4n) is 1.95. The van der Waals surface area contributed by atoms with Crippen molar-refractivity contribution >= 4 is 12.6 Å². The van der Waals surface area contributed by atoms with E-state index in [4.69, 9.17) is 9.31 Å². The molecule has 3 rings (SSSR count). The Labute approximate surface area is 103 Å². The fourth-order valence-corrected chi connectivity index (χ4v) is 1.95. The molecule has 0 saturated heterocycles. The van der Waals surface area contributed by atoms with Crippen LogP contribution in [0, 0.1) is 18.6 Å². The van der Waals surface area contributed by atoms with E-state index in [1.165, 1.54) is 0 Å². The first-order chi connectivity index (χ1) is 8.66. The molecule has 1 aliphatic rings. The second kappa shape index (κ2) is 4.01. The zero-order valence-corrected chi connectivity index (χ0v) is 9.61. The van der Waals surface area contributed by atoms with E-state index in [9.17, 15) is 8.78 Å². The second-order valence-corrected chi connectivity index (χ2v) is 4.11. The van der Waals surface area contributed by atoms with Gasteiger partial charge in [-0.15, -0.1) is 0 Å². The lowest BCUT2D eigenvalue weighted by atomic mass is 9.76. The summed E-state index contributed by atoms with van der Waals surface area (Å²) in [5.74, 6) is -1.57. The van der Waals surface area contributed by atoms with Crippen LogP contribution in [0.5, 0.6) is 11.5 Å². The Morgan fingerprint density at radius 3 is 2.00 bits per heavy atom. The molecular weight excluding hydrogens is 237 g/mol. The topological polar surface area (TPSA) is 18.5 Å². The van der Waals surface area contributed by atoms with E-state index >= 15 is 0 Å². The molecule has 2 aromatic carbocycles. The van der Waals surface area contributed by atoms with Crippen LogP contribution in [0.2, 0.25) is 0 Å². The zero-order chi connectivity index (χ0) is 12.7. The van der Waals surface area contributed by atoms with Crippen LogP contribution in [-0.2, 0) is 0 Å². The van der Waals surface area contributed by atoms with Gasteiger partial charge in [0.05, 0.1) is 0 Å². The third-order valence-corrected chi connectivity index (χ3v) is 2.91. The van der Waals surface area contributed by atoms with Gasteiger partial charge in [0, 0.05) is 5.46 Å². The number of rotatable bonds is 1. The maximum Gasteiger partial charge on any atom is 0.633 e. The van der Waals surface area contributed by atoms with Crippen LogP contribution in [0.1, 0.15) is 5.56 Å². The van der Waals surface area contributed by atoms with Crippen molar-refractivity contribution < 1.29 is 18.1 Å². The van der Waals surface area contributed by atoms with Gasteiger partial charge in [-0.1, -0.05) is 24.3 Å². The number of fused-ring (bicyclic) bond motifs is 1. The average Bonchev–Trinajstić information content (AvgIpc) is 2.80. The van der Waals surface area contributed by atoms with E-state index in [1.807, 2.05) is 31.2 Å². The molecule has 0 atom stereocenters. The molecule has 0 N–H and O–H groups in total. The lowest BCUT2D eigenvalue weighted by molar-refractivity contribution is 0.490. The minimum absolute atomic E-state index is 0.164. The SMILES string of the molecule is Cc1ccccc1B1Oc2c(F)ccc(F)c2O1. The van der Waals surface area contributed by atoms with Crippen molar-refractivity contribution in [1.82, 2.24) is 0 Å². The second-order valence-electron chi connectivity index (χ2n) is 4.11. The predicted octanol–water partition coefficient (Wildman–Crippen LogP) is 2.44. The summed E-state index contributed by atoms with van der Waals surface area (Å²) in [6, 6.07) is 9.45. The number of aryl methyl sites for hydroxylation is 1. The lowest BCUT2D eigenvalue weighted by Crippen LogP contribution is -2.40. The Morgan fingerprint density at radius 2 is 1.44 bits per heavy atom. The van der Waals surface area contributed by atoms with Crippen molar-refractivity contribution in [3.05, 3.63) is 53.6 Å². The van der Waals surface area contributed by atoms with Crippen molar-refractivity contribution in [2.45, 2.75) is 6.92 Å².